The van der Waals surface area contributed by atoms with E-state index in [1.807, 2.05) is 18.2 Å². The summed E-state index contributed by atoms with van der Waals surface area (Å²) in [7, 11) is 0. The van der Waals surface area contributed by atoms with Crippen LogP contribution in [0.25, 0.3) is 0 Å². The number of amides is 1. The molecule has 1 heterocycles. The minimum Gasteiger partial charge on any atom is -0.330 e. The maximum Gasteiger partial charge on any atom is 0.238 e. The zero-order chi connectivity index (χ0) is 14.5. The number of halogens is 1. The first-order valence-corrected chi connectivity index (χ1v) is 7.46. The molecule has 2 atom stereocenters. The molecule has 1 saturated heterocycles. The minimum atomic E-state index is -0.0254. The van der Waals surface area contributed by atoms with Crippen LogP contribution in [0, 0.1) is 5.92 Å². The Morgan fingerprint density at radius 1 is 1.45 bits per heavy atom. The van der Waals surface area contributed by atoms with Crippen molar-refractivity contribution in [2.75, 3.05) is 25.0 Å². The largest absolute Gasteiger partial charge is 0.330 e. The summed E-state index contributed by atoms with van der Waals surface area (Å²) in [6, 6.07) is 7.70. The van der Waals surface area contributed by atoms with Crippen LogP contribution in [-0.4, -0.2) is 36.5 Å². The van der Waals surface area contributed by atoms with Crippen LogP contribution in [-0.2, 0) is 4.79 Å². The van der Waals surface area contributed by atoms with Crippen LogP contribution in [0.3, 0.4) is 0 Å². The molecule has 2 unspecified atom stereocenters. The lowest BCUT2D eigenvalue weighted by Crippen LogP contribution is -2.47. The van der Waals surface area contributed by atoms with Crippen LogP contribution in [0.2, 0.25) is 5.02 Å². The monoisotopic (exact) mass is 295 g/mol. The molecule has 5 heteroatoms. The van der Waals surface area contributed by atoms with Gasteiger partial charge in [-0.15, -0.1) is 0 Å². The van der Waals surface area contributed by atoms with Gasteiger partial charge in [-0.3, -0.25) is 9.69 Å². The van der Waals surface area contributed by atoms with Crippen molar-refractivity contribution in [1.29, 1.82) is 0 Å². The van der Waals surface area contributed by atoms with Gasteiger partial charge in [-0.25, -0.2) is 0 Å². The number of para-hydroxylation sites is 1. The van der Waals surface area contributed by atoms with Gasteiger partial charge in [0.15, 0.2) is 0 Å². The number of piperidine rings is 1. The van der Waals surface area contributed by atoms with Gasteiger partial charge >= 0.3 is 0 Å². The first kappa shape index (κ1) is 15.3. The van der Waals surface area contributed by atoms with Crippen LogP contribution in [0.5, 0.6) is 0 Å². The molecule has 1 amide bonds. The molecule has 2 rings (SSSR count). The van der Waals surface area contributed by atoms with E-state index in [1.54, 1.807) is 6.07 Å². The number of carbonyl (C=O) groups is 1. The van der Waals surface area contributed by atoms with E-state index in [4.69, 9.17) is 17.3 Å². The molecule has 0 radical (unpaired) electrons. The van der Waals surface area contributed by atoms with Gasteiger partial charge in [-0.05, 0) is 44.4 Å². The van der Waals surface area contributed by atoms with Crippen LogP contribution in [0.4, 0.5) is 5.69 Å². The zero-order valence-electron chi connectivity index (χ0n) is 11.8. The van der Waals surface area contributed by atoms with Gasteiger partial charge in [-0.2, -0.15) is 0 Å². The maximum atomic E-state index is 12.1. The lowest BCUT2D eigenvalue weighted by atomic mass is 9.93. The molecule has 0 aromatic heterocycles. The van der Waals surface area contributed by atoms with E-state index in [1.165, 1.54) is 0 Å². The van der Waals surface area contributed by atoms with Crippen molar-refractivity contribution >= 4 is 23.2 Å². The summed E-state index contributed by atoms with van der Waals surface area (Å²) in [5, 5.41) is 3.43. The Labute approximate surface area is 125 Å². The molecular formula is C15H22ClN3O. The van der Waals surface area contributed by atoms with Crippen LogP contribution in [0.15, 0.2) is 24.3 Å². The van der Waals surface area contributed by atoms with E-state index in [9.17, 15) is 4.79 Å². The third kappa shape index (κ3) is 3.95. The molecule has 1 aromatic carbocycles. The molecule has 1 aliphatic heterocycles. The van der Waals surface area contributed by atoms with Gasteiger partial charge in [-0.1, -0.05) is 23.7 Å². The lowest BCUT2D eigenvalue weighted by Gasteiger charge is -2.37. The Morgan fingerprint density at radius 2 is 2.20 bits per heavy atom. The number of benzene rings is 1. The fourth-order valence-corrected chi connectivity index (χ4v) is 2.79. The summed E-state index contributed by atoms with van der Waals surface area (Å²) in [6.45, 7) is 4.14. The quantitative estimate of drug-likeness (QED) is 0.896. The molecule has 3 N–H and O–H groups in total. The third-order valence-electron chi connectivity index (χ3n) is 3.94. The Bertz CT molecular complexity index is 466. The minimum absolute atomic E-state index is 0.0254. The fourth-order valence-electron chi connectivity index (χ4n) is 2.61. The van der Waals surface area contributed by atoms with Crippen molar-refractivity contribution in [3.05, 3.63) is 29.3 Å². The number of nitrogens with one attached hydrogen (secondary N) is 1. The zero-order valence-corrected chi connectivity index (χ0v) is 12.6. The number of carbonyl (C=O) groups excluding carboxylic acids is 1. The first-order valence-electron chi connectivity index (χ1n) is 7.08. The van der Waals surface area contributed by atoms with E-state index < -0.39 is 0 Å². The van der Waals surface area contributed by atoms with Crippen molar-refractivity contribution in [2.45, 2.75) is 25.8 Å². The lowest BCUT2D eigenvalue weighted by molar-refractivity contribution is -0.118. The second-order valence-corrected chi connectivity index (χ2v) is 5.89. The Morgan fingerprint density at radius 3 is 2.90 bits per heavy atom. The van der Waals surface area contributed by atoms with Gasteiger partial charge in [0.1, 0.15) is 0 Å². The number of likely N-dealkylation sites (tertiary alicyclic amines) is 1. The molecule has 0 saturated carbocycles. The normalized spacial score (nSPS) is 23.6. The summed E-state index contributed by atoms with van der Waals surface area (Å²) in [5.74, 6) is 0.474. The molecule has 1 aromatic rings. The molecule has 4 nitrogen and oxygen atoms in total. The smallest absolute Gasteiger partial charge is 0.238 e. The Kier molecular flexibility index (Phi) is 5.40. The highest BCUT2D eigenvalue weighted by molar-refractivity contribution is 6.33. The summed E-state index contributed by atoms with van der Waals surface area (Å²) < 4.78 is 0. The van der Waals surface area contributed by atoms with Crippen LogP contribution >= 0.6 is 11.6 Å². The third-order valence-corrected chi connectivity index (χ3v) is 4.27. The number of nitrogens with zero attached hydrogens (tertiary/aromatic N) is 1. The summed E-state index contributed by atoms with van der Waals surface area (Å²) in [4.78, 5) is 14.3. The fraction of sp³-hybridized carbons (Fsp3) is 0.533. The molecule has 1 fully saturated rings. The topological polar surface area (TPSA) is 58.4 Å². The molecule has 0 aliphatic carbocycles. The average Bonchev–Trinajstić information content (AvgIpc) is 2.44. The second-order valence-electron chi connectivity index (χ2n) is 5.49. The average molecular weight is 296 g/mol. The van der Waals surface area contributed by atoms with Crippen LogP contribution < -0.4 is 11.1 Å². The highest BCUT2D eigenvalue weighted by Crippen LogP contribution is 2.22. The highest BCUT2D eigenvalue weighted by Gasteiger charge is 2.26. The van der Waals surface area contributed by atoms with Crippen molar-refractivity contribution in [3.63, 3.8) is 0 Å². The van der Waals surface area contributed by atoms with Gasteiger partial charge in [0.25, 0.3) is 0 Å². The van der Waals surface area contributed by atoms with E-state index in [-0.39, 0.29) is 5.91 Å². The van der Waals surface area contributed by atoms with Crippen molar-refractivity contribution in [1.82, 2.24) is 4.90 Å². The van der Waals surface area contributed by atoms with E-state index in [0.29, 0.717) is 35.8 Å². The first-order chi connectivity index (χ1) is 9.60. The maximum absolute atomic E-state index is 12.1. The van der Waals surface area contributed by atoms with Gasteiger partial charge < -0.3 is 11.1 Å². The van der Waals surface area contributed by atoms with Gasteiger partial charge in [0.05, 0.1) is 17.3 Å². The van der Waals surface area contributed by atoms with Gasteiger partial charge in [0.2, 0.25) is 5.91 Å². The second kappa shape index (κ2) is 7.07. The molecule has 0 bridgehead atoms. The predicted molar refractivity (Wildman–Crippen MR) is 82.9 cm³/mol. The summed E-state index contributed by atoms with van der Waals surface area (Å²) in [6.07, 6.45) is 2.25. The predicted octanol–water partition coefficient (Wildman–Crippen LogP) is 2.34. The number of hydrogen-bond acceptors (Lipinski definition) is 3. The Hall–Kier alpha value is -1.10. The summed E-state index contributed by atoms with van der Waals surface area (Å²) in [5.41, 5.74) is 6.41. The molecular weight excluding hydrogens is 274 g/mol. The molecule has 20 heavy (non-hydrogen) atoms. The van der Waals surface area contributed by atoms with Crippen molar-refractivity contribution in [3.8, 4) is 0 Å². The van der Waals surface area contributed by atoms with Crippen molar-refractivity contribution in [2.24, 2.45) is 11.7 Å². The molecule has 1 aliphatic rings. The highest BCUT2D eigenvalue weighted by atomic mass is 35.5. The van der Waals surface area contributed by atoms with Crippen molar-refractivity contribution < 1.29 is 4.79 Å². The summed E-state index contributed by atoms with van der Waals surface area (Å²) >= 11 is 6.04. The molecule has 0 spiro atoms. The Balaban J connectivity index is 1.92. The number of rotatable bonds is 4. The van der Waals surface area contributed by atoms with Gasteiger partial charge in [0, 0.05) is 12.6 Å². The van der Waals surface area contributed by atoms with Crippen LogP contribution in [0.1, 0.15) is 19.8 Å². The molecule has 110 valence electrons. The number of hydrogen-bond donors (Lipinski definition) is 2. The van der Waals surface area contributed by atoms with E-state index >= 15 is 0 Å². The van der Waals surface area contributed by atoms with E-state index in [0.717, 1.165) is 19.4 Å². The number of anilines is 1. The van der Waals surface area contributed by atoms with E-state index in [2.05, 4.69) is 17.1 Å². The SMILES string of the molecule is CC1CCC(CN)CN1CC(=O)Nc1ccccc1Cl. The number of nitrogens with two attached hydrogens (primary N) is 1. The standard InChI is InChI=1S/C15H22ClN3O/c1-11-6-7-12(8-17)9-19(11)10-15(20)18-14-5-3-2-4-13(14)16/h2-5,11-12H,6-10,17H2,1H3,(H,18,20).